The zero-order valence-electron chi connectivity index (χ0n) is 8.21. The Morgan fingerprint density at radius 3 is 2.69 bits per heavy atom. The lowest BCUT2D eigenvalue weighted by atomic mass is 10.2. The minimum Gasteiger partial charge on any atom is -0.619 e. The molecule has 4 nitrogen and oxygen atoms in total. The van der Waals surface area contributed by atoms with Crippen LogP contribution in [0.4, 0.5) is 0 Å². The number of aromatic nitrogens is 1. The van der Waals surface area contributed by atoms with Gasteiger partial charge < -0.3 is 9.62 Å². The number of pyridine rings is 1. The molecule has 4 heteroatoms. The highest BCUT2D eigenvalue weighted by Gasteiger charge is 2.08. The van der Waals surface area contributed by atoms with Crippen molar-refractivity contribution in [1.29, 1.82) is 0 Å². The summed E-state index contributed by atoms with van der Waals surface area (Å²) in [6.45, 7) is 0. The molecule has 3 aromatic rings. The molecule has 3 rings (SSSR count). The molecular formula is C12H7NO3. The van der Waals surface area contributed by atoms with Gasteiger partial charge in [-0.3, -0.25) is 4.79 Å². The van der Waals surface area contributed by atoms with E-state index in [4.69, 9.17) is 4.42 Å². The maximum atomic E-state index is 12.0. The van der Waals surface area contributed by atoms with Gasteiger partial charge in [-0.1, -0.05) is 12.1 Å². The lowest BCUT2D eigenvalue weighted by molar-refractivity contribution is -0.604. The van der Waals surface area contributed by atoms with Crippen molar-refractivity contribution in [2.24, 2.45) is 0 Å². The van der Waals surface area contributed by atoms with Crippen molar-refractivity contribution < 1.29 is 9.15 Å². The molecule has 0 aliphatic carbocycles. The second-order valence-corrected chi connectivity index (χ2v) is 3.51. The minimum atomic E-state index is -0.113. The van der Waals surface area contributed by atoms with Gasteiger partial charge in [0.05, 0.1) is 10.8 Å². The first kappa shape index (κ1) is 8.91. The van der Waals surface area contributed by atoms with Crippen LogP contribution < -0.4 is 10.2 Å². The molecule has 0 saturated carbocycles. The van der Waals surface area contributed by atoms with Crippen LogP contribution in [0.15, 0.2) is 51.9 Å². The van der Waals surface area contributed by atoms with Crippen LogP contribution in [0.2, 0.25) is 0 Å². The van der Waals surface area contributed by atoms with E-state index in [-0.39, 0.29) is 5.43 Å². The van der Waals surface area contributed by atoms with Gasteiger partial charge in [0.1, 0.15) is 5.58 Å². The molecule has 0 aliphatic rings. The maximum absolute atomic E-state index is 12.0. The van der Waals surface area contributed by atoms with Crippen molar-refractivity contribution >= 4 is 21.9 Å². The van der Waals surface area contributed by atoms with Gasteiger partial charge >= 0.3 is 0 Å². The van der Waals surface area contributed by atoms with E-state index in [1.165, 1.54) is 18.5 Å². The topological polar surface area (TPSA) is 57.2 Å². The van der Waals surface area contributed by atoms with Crippen LogP contribution >= 0.6 is 0 Å². The lowest BCUT2D eigenvalue weighted by Gasteiger charge is -2.00. The molecule has 1 aromatic carbocycles. The molecule has 78 valence electrons. The SMILES string of the molecule is O=c1c2ccccc2oc2c[n+]([O-])ccc12. The van der Waals surface area contributed by atoms with E-state index in [1.54, 1.807) is 24.3 Å². The highest BCUT2D eigenvalue weighted by molar-refractivity contribution is 5.88. The summed E-state index contributed by atoms with van der Waals surface area (Å²) in [6.07, 6.45) is 2.54. The molecular weight excluding hydrogens is 206 g/mol. The number of benzene rings is 1. The van der Waals surface area contributed by atoms with Crippen LogP contribution in [-0.4, -0.2) is 0 Å². The Balaban J connectivity index is 2.61. The van der Waals surface area contributed by atoms with Crippen molar-refractivity contribution in [1.82, 2.24) is 0 Å². The van der Waals surface area contributed by atoms with E-state index in [0.717, 1.165) is 0 Å². The van der Waals surface area contributed by atoms with E-state index in [1.807, 2.05) is 0 Å². The second-order valence-electron chi connectivity index (χ2n) is 3.51. The van der Waals surface area contributed by atoms with E-state index >= 15 is 0 Å². The zero-order chi connectivity index (χ0) is 11.1. The number of hydrogen-bond acceptors (Lipinski definition) is 3. The average Bonchev–Trinajstić information content (AvgIpc) is 2.29. The number of rotatable bonds is 0. The molecule has 16 heavy (non-hydrogen) atoms. The Morgan fingerprint density at radius 2 is 1.81 bits per heavy atom. The molecule has 2 aromatic heterocycles. The highest BCUT2D eigenvalue weighted by Crippen LogP contribution is 2.16. The molecule has 0 radical (unpaired) electrons. The third kappa shape index (κ3) is 1.16. The van der Waals surface area contributed by atoms with Crippen LogP contribution in [0.5, 0.6) is 0 Å². The predicted octanol–water partition coefficient (Wildman–Crippen LogP) is 1.58. The average molecular weight is 213 g/mol. The third-order valence-corrected chi connectivity index (χ3v) is 2.49. The van der Waals surface area contributed by atoms with Gasteiger partial charge in [0.2, 0.25) is 17.2 Å². The van der Waals surface area contributed by atoms with Gasteiger partial charge in [0, 0.05) is 6.07 Å². The van der Waals surface area contributed by atoms with E-state index in [2.05, 4.69) is 0 Å². The van der Waals surface area contributed by atoms with Crippen molar-refractivity contribution in [2.75, 3.05) is 0 Å². The molecule has 2 heterocycles. The molecule has 0 bridgehead atoms. The molecule has 0 aliphatic heterocycles. The fourth-order valence-electron chi connectivity index (χ4n) is 1.73. The molecule has 0 unspecified atom stereocenters. The fourth-order valence-corrected chi connectivity index (χ4v) is 1.73. The van der Waals surface area contributed by atoms with Crippen LogP contribution in [0.25, 0.3) is 21.9 Å². The molecule has 0 amide bonds. The summed E-state index contributed by atoms with van der Waals surface area (Å²) in [7, 11) is 0. The Morgan fingerprint density at radius 1 is 1.06 bits per heavy atom. The van der Waals surface area contributed by atoms with Crippen LogP contribution in [-0.2, 0) is 0 Å². The fraction of sp³-hybridized carbons (Fsp3) is 0. The van der Waals surface area contributed by atoms with Crippen molar-refractivity contribution in [2.45, 2.75) is 0 Å². The standard InChI is InChI=1S/C12H7NO3/c14-12-8-3-1-2-4-10(8)16-11-7-13(15)6-5-9(11)12/h1-7H. The number of nitrogens with zero attached hydrogens (tertiary/aromatic N) is 1. The highest BCUT2D eigenvalue weighted by atomic mass is 16.5. The van der Waals surface area contributed by atoms with Crippen LogP contribution in [0.3, 0.4) is 0 Å². The first-order valence-electron chi connectivity index (χ1n) is 4.80. The smallest absolute Gasteiger partial charge is 0.223 e. The summed E-state index contributed by atoms with van der Waals surface area (Å²) in [6, 6.07) is 8.45. The largest absolute Gasteiger partial charge is 0.619 e. The Hall–Kier alpha value is -2.36. The van der Waals surface area contributed by atoms with Gasteiger partial charge in [-0.2, -0.15) is 4.73 Å². The van der Waals surface area contributed by atoms with Gasteiger partial charge in [0.15, 0.2) is 6.20 Å². The number of para-hydroxylation sites is 1. The Bertz CT molecular complexity index is 746. The minimum absolute atomic E-state index is 0.113. The second kappa shape index (κ2) is 3.06. The van der Waals surface area contributed by atoms with Gasteiger partial charge in [-0.05, 0) is 12.1 Å². The van der Waals surface area contributed by atoms with E-state index in [0.29, 0.717) is 26.7 Å². The first-order chi connectivity index (χ1) is 7.75. The van der Waals surface area contributed by atoms with Gasteiger partial charge in [0.25, 0.3) is 0 Å². The van der Waals surface area contributed by atoms with Crippen molar-refractivity contribution in [3.63, 3.8) is 0 Å². The molecule has 0 N–H and O–H groups in total. The summed E-state index contributed by atoms with van der Waals surface area (Å²) in [5.41, 5.74) is 0.685. The molecule has 0 spiro atoms. The first-order valence-corrected chi connectivity index (χ1v) is 4.80. The predicted molar refractivity (Wildman–Crippen MR) is 59.0 cm³/mol. The Kier molecular flexibility index (Phi) is 1.71. The van der Waals surface area contributed by atoms with Gasteiger partial charge in [-0.25, -0.2) is 0 Å². The summed E-state index contributed by atoms with van der Waals surface area (Å²) >= 11 is 0. The molecule has 0 saturated heterocycles. The summed E-state index contributed by atoms with van der Waals surface area (Å²) in [4.78, 5) is 12.0. The summed E-state index contributed by atoms with van der Waals surface area (Å²) in [5.74, 6) is 0. The molecule has 0 atom stereocenters. The van der Waals surface area contributed by atoms with Crippen molar-refractivity contribution in [3.05, 3.63) is 58.2 Å². The Labute approximate surface area is 89.9 Å². The lowest BCUT2D eigenvalue weighted by Crippen LogP contribution is -2.24. The number of hydrogen-bond donors (Lipinski definition) is 0. The van der Waals surface area contributed by atoms with Gasteiger partial charge in [-0.15, -0.1) is 0 Å². The maximum Gasteiger partial charge on any atom is 0.223 e. The van der Waals surface area contributed by atoms with Crippen molar-refractivity contribution in [3.8, 4) is 0 Å². The van der Waals surface area contributed by atoms with E-state index in [9.17, 15) is 10.0 Å². The third-order valence-electron chi connectivity index (χ3n) is 2.49. The van der Waals surface area contributed by atoms with Crippen LogP contribution in [0.1, 0.15) is 0 Å². The normalized spacial score (nSPS) is 11.0. The summed E-state index contributed by atoms with van der Waals surface area (Å²) < 4.78 is 6.10. The quantitative estimate of drug-likeness (QED) is 0.323. The molecule has 0 fully saturated rings. The summed E-state index contributed by atoms with van der Waals surface area (Å²) in [5, 5.41) is 12.0. The van der Waals surface area contributed by atoms with Crippen LogP contribution in [0, 0.1) is 5.21 Å². The monoisotopic (exact) mass is 213 g/mol. The number of fused-ring (bicyclic) bond motifs is 2. The zero-order valence-corrected chi connectivity index (χ0v) is 8.21. The van der Waals surface area contributed by atoms with E-state index < -0.39 is 0 Å².